The molecule has 0 atom stereocenters. The standard InChI is InChI=1S/C10H8BrF3/c11-7-3-5-8-4-1-2-6-9(8)10(12,13)14/h1-4,6-7H,5H2/b7-3+. The Morgan fingerprint density at radius 1 is 1.21 bits per heavy atom. The van der Waals surface area contributed by atoms with Gasteiger partial charge in [-0.15, -0.1) is 0 Å². The first-order valence-electron chi connectivity index (χ1n) is 3.96. The molecule has 0 heterocycles. The molecular formula is C10H8BrF3. The highest BCUT2D eigenvalue weighted by Crippen LogP contribution is 2.32. The summed E-state index contributed by atoms with van der Waals surface area (Å²) in [6, 6.07) is 5.57. The molecule has 4 heteroatoms. The maximum atomic E-state index is 12.4. The first-order chi connectivity index (χ1) is 6.55. The van der Waals surface area contributed by atoms with E-state index in [1.807, 2.05) is 0 Å². The van der Waals surface area contributed by atoms with Gasteiger partial charge in [-0.05, 0) is 23.0 Å². The zero-order valence-electron chi connectivity index (χ0n) is 7.18. The summed E-state index contributed by atoms with van der Waals surface area (Å²) in [4.78, 5) is 1.56. The first kappa shape index (κ1) is 11.3. The predicted octanol–water partition coefficient (Wildman–Crippen LogP) is 4.16. The Bertz CT molecular complexity index is 328. The van der Waals surface area contributed by atoms with Crippen molar-refractivity contribution in [1.29, 1.82) is 0 Å². The van der Waals surface area contributed by atoms with Crippen LogP contribution in [0.5, 0.6) is 0 Å². The van der Waals surface area contributed by atoms with Gasteiger partial charge in [0.25, 0.3) is 0 Å². The summed E-state index contributed by atoms with van der Waals surface area (Å²) < 4.78 is 37.3. The van der Waals surface area contributed by atoms with Gasteiger partial charge in [-0.25, -0.2) is 0 Å². The Hall–Kier alpha value is -0.770. The number of hydrogen-bond donors (Lipinski definition) is 0. The third kappa shape index (κ3) is 2.87. The maximum Gasteiger partial charge on any atom is 0.416 e. The van der Waals surface area contributed by atoms with Crippen molar-refractivity contribution in [3.8, 4) is 0 Å². The molecular weight excluding hydrogens is 257 g/mol. The molecule has 0 N–H and O–H groups in total. The predicted molar refractivity (Wildman–Crippen MR) is 53.2 cm³/mol. The molecule has 0 bridgehead atoms. The van der Waals surface area contributed by atoms with Gasteiger partial charge in [-0.3, -0.25) is 0 Å². The molecule has 0 aliphatic carbocycles. The Labute approximate surface area is 88.6 Å². The summed E-state index contributed by atoms with van der Waals surface area (Å²) in [7, 11) is 0. The van der Waals surface area contributed by atoms with Crippen LogP contribution in [0.1, 0.15) is 11.1 Å². The van der Waals surface area contributed by atoms with Gasteiger partial charge in [0.05, 0.1) is 5.56 Å². The fourth-order valence-corrected chi connectivity index (χ4v) is 1.33. The van der Waals surface area contributed by atoms with Gasteiger partial charge in [0.15, 0.2) is 0 Å². The lowest BCUT2D eigenvalue weighted by Gasteiger charge is -2.10. The van der Waals surface area contributed by atoms with Gasteiger partial charge in [-0.1, -0.05) is 40.2 Å². The zero-order valence-corrected chi connectivity index (χ0v) is 8.77. The molecule has 0 nitrogen and oxygen atoms in total. The van der Waals surface area contributed by atoms with Crippen molar-refractivity contribution in [2.24, 2.45) is 0 Å². The van der Waals surface area contributed by atoms with Crippen LogP contribution < -0.4 is 0 Å². The number of allylic oxidation sites excluding steroid dienone is 1. The summed E-state index contributed by atoms with van der Waals surface area (Å²) >= 11 is 3.02. The van der Waals surface area contributed by atoms with Crippen LogP contribution in [0.15, 0.2) is 35.3 Å². The molecule has 0 aliphatic rings. The summed E-state index contributed by atoms with van der Waals surface area (Å²) in [6.07, 6.45) is -2.36. The fraction of sp³-hybridized carbons (Fsp3) is 0.200. The molecule has 0 saturated carbocycles. The second kappa shape index (κ2) is 4.64. The van der Waals surface area contributed by atoms with Crippen LogP contribution in [-0.2, 0) is 12.6 Å². The molecule has 14 heavy (non-hydrogen) atoms. The number of alkyl halides is 3. The molecule has 0 saturated heterocycles. The number of rotatable bonds is 2. The number of benzene rings is 1. The first-order valence-corrected chi connectivity index (χ1v) is 4.87. The average molecular weight is 265 g/mol. The van der Waals surface area contributed by atoms with E-state index in [0.29, 0.717) is 0 Å². The normalized spacial score (nSPS) is 12.3. The second-order valence-corrected chi connectivity index (χ2v) is 3.25. The van der Waals surface area contributed by atoms with E-state index in [9.17, 15) is 13.2 Å². The lowest BCUT2D eigenvalue weighted by atomic mass is 10.0. The van der Waals surface area contributed by atoms with Crippen molar-refractivity contribution in [2.45, 2.75) is 12.6 Å². The van der Waals surface area contributed by atoms with E-state index < -0.39 is 11.7 Å². The summed E-state index contributed by atoms with van der Waals surface area (Å²) in [5, 5.41) is 0. The molecule has 0 aliphatic heterocycles. The van der Waals surface area contributed by atoms with Crippen molar-refractivity contribution < 1.29 is 13.2 Å². The van der Waals surface area contributed by atoms with Crippen LogP contribution in [0.3, 0.4) is 0 Å². The Balaban J connectivity index is 3.03. The third-order valence-corrected chi connectivity index (χ3v) is 2.12. The third-order valence-electron chi connectivity index (χ3n) is 1.75. The molecule has 1 aromatic rings. The van der Waals surface area contributed by atoms with Gasteiger partial charge in [0.1, 0.15) is 0 Å². The van der Waals surface area contributed by atoms with Gasteiger partial charge in [0.2, 0.25) is 0 Å². The van der Waals surface area contributed by atoms with Crippen LogP contribution in [0.25, 0.3) is 0 Å². The number of halogens is 4. The highest BCUT2D eigenvalue weighted by Gasteiger charge is 2.32. The van der Waals surface area contributed by atoms with E-state index in [2.05, 4.69) is 15.9 Å². The van der Waals surface area contributed by atoms with Crippen molar-refractivity contribution in [3.63, 3.8) is 0 Å². The molecule has 1 rings (SSSR count). The summed E-state index contributed by atoms with van der Waals surface area (Å²) in [6.45, 7) is 0. The minimum Gasteiger partial charge on any atom is -0.166 e. The minimum atomic E-state index is -4.27. The van der Waals surface area contributed by atoms with E-state index in [4.69, 9.17) is 0 Å². The summed E-state index contributed by atoms with van der Waals surface area (Å²) in [5.41, 5.74) is -0.277. The van der Waals surface area contributed by atoms with Crippen LogP contribution in [-0.4, -0.2) is 0 Å². The highest BCUT2D eigenvalue weighted by molar-refractivity contribution is 9.11. The highest BCUT2D eigenvalue weighted by atomic mass is 79.9. The van der Waals surface area contributed by atoms with Gasteiger partial charge in [0, 0.05) is 0 Å². The molecule has 0 radical (unpaired) electrons. The molecule has 0 fully saturated rings. The van der Waals surface area contributed by atoms with Gasteiger partial charge in [-0.2, -0.15) is 13.2 Å². The average Bonchev–Trinajstić information content (AvgIpc) is 2.14. The second-order valence-electron chi connectivity index (χ2n) is 2.72. The summed E-state index contributed by atoms with van der Waals surface area (Å²) in [5.74, 6) is 0. The van der Waals surface area contributed by atoms with Crippen molar-refractivity contribution in [2.75, 3.05) is 0 Å². The topological polar surface area (TPSA) is 0 Å². The van der Waals surface area contributed by atoms with Gasteiger partial charge >= 0.3 is 6.18 Å². The van der Waals surface area contributed by atoms with E-state index in [1.165, 1.54) is 12.1 Å². The number of hydrogen-bond acceptors (Lipinski definition) is 0. The molecule has 0 aromatic heterocycles. The van der Waals surface area contributed by atoms with E-state index in [0.717, 1.165) is 6.07 Å². The smallest absolute Gasteiger partial charge is 0.166 e. The lowest BCUT2D eigenvalue weighted by Crippen LogP contribution is -2.08. The molecule has 0 spiro atoms. The van der Waals surface area contributed by atoms with E-state index in [-0.39, 0.29) is 12.0 Å². The largest absolute Gasteiger partial charge is 0.416 e. The molecule has 1 aromatic carbocycles. The molecule has 0 unspecified atom stereocenters. The van der Waals surface area contributed by atoms with E-state index in [1.54, 1.807) is 17.1 Å². The van der Waals surface area contributed by atoms with Crippen LogP contribution in [0, 0.1) is 0 Å². The van der Waals surface area contributed by atoms with Crippen molar-refractivity contribution in [3.05, 3.63) is 46.5 Å². The lowest BCUT2D eigenvalue weighted by molar-refractivity contribution is -0.138. The van der Waals surface area contributed by atoms with Gasteiger partial charge < -0.3 is 0 Å². The quantitative estimate of drug-likeness (QED) is 0.753. The van der Waals surface area contributed by atoms with Crippen LogP contribution in [0.2, 0.25) is 0 Å². The van der Waals surface area contributed by atoms with Crippen LogP contribution in [0.4, 0.5) is 13.2 Å². The Morgan fingerprint density at radius 3 is 2.43 bits per heavy atom. The molecule has 76 valence electrons. The maximum absolute atomic E-state index is 12.4. The SMILES string of the molecule is FC(F)(F)c1ccccc1C/C=C/Br. The van der Waals surface area contributed by atoms with Crippen molar-refractivity contribution >= 4 is 15.9 Å². The van der Waals surface area contributed by atoms with Crippen LogP contribution >= 0.6 is 15.9 Å². The molecule has 0 amide bonds. The Kier molecular flexibility index (Phi) is 3.75. The van der Waals surface area contributed by atoms with Crippen molar-refractivity contribution in [1.82, 2.24) is 0 Å². The zero-order chi connectivity index (χ0) is 10.6. The van der Waals surface area contributed by atoms with E-state index >= 15 is 0 Å². The fourth-order valence-electron chi connectivity index (χ4n) is 1.15. The monoisotopic (exact) mass is 264 g/mol. The minimum absolute atomic E-state index is 0.279. The Morgan fingerprint density at radius 2 is 1.86 bits per heavy atom.